The fourth-order valence-electron chi connectivity index (χ4n) is 4.78. The van der Waals surface area contributed by atoms with Crippen molar-refractivity contribution < 1.29 is 14.3 Å². The first-order valence-electron chi connectivity index (χ1n) is 12.5. The van der Waals surface area contributed by atoms with Crippen LogP contribution in [0.4, 0.5) is 0 Å². The van der Waals surface area contributed by atoms with Crippen LogP contribution in [-0.2, 0) is 14.3 Å². The van der Waals surface area contributed by atoms with Crippen molar-refractivity contribution in [1.82, 2.24) is 15.1 Å². The van der Waals surface area contributed by atoms with Gasteiger partial charge in [0.2, 0.25) is 11.8 Å². The molecule has 0 saturated carbocycles. The van der Waals surface area contributed by atoms with Crippen LogP contribution in [0, 0.1) is 0 Å². The number of hydrogen-bond donors (Lipinski definition) is 1. The predicted octanol–water partition coefficient (Wildman–Crippen LogP) is 4.72. The summed E-state index contributed by atoms with van der Waals surface area (Å²) in [5, 5.41) is 3.66. The number of hydrogen-bond acceptors (Lipinski definition) is 4. The number of piperazine rings is 1. The van der Waals surface area contributed by atoms with Crippen molar-refractivity contribution >= 4 is 23.4 Å². The highest BCUT2D eigenvalue weighted by Crippen LogP contribution is 2.30. The molecule has 2 aromatic carbocycles. The molecule has 1 unspecified atom stereocenters. The van der Waals surface area contributed by atoms with Crippen molar-refractivity contribution in [2.24, 2.45) is 0 Å². The van der Waals surface area contributed by atoms with E-state index in [9.17, 15) is 9.59 Å². The number of allylic oxidation sites excluding steroid dienone is 3. The topological polar surface area (TPSA) is 61.9 Å². The molecule has 1 heterocycles. The Labute approximate surface area is 218 Å². The lowest BCUT2D eigenvalue weighted by molar-refractivity contribution is -0.135. The normalized spacial score (nSPS) is 17.1. The zero-order chi connectivity index (χ0) is 25.3. The summed E-state index contributed by atoms with van der Waals surface area (Å²) in [6.07, 6.45) is 6.12. The van der Waals surface area contributed by atoms with Gasteiger partial charge in [-0.3, -0.25) is 14.5 Å². The summed E-state index contributed by atoms with van der Waals surface area (Å²) in [6, 6.07) is 18.5. The van der Waals surface area contributed by atoms with Crippen LogP contribution in [0.15, 0.2) is 78.1 Å². The van der Waals surface area contributed by atoms with Gasteiger partial charge >= 0.3 is 0 Å². The van der Waals surface area contributed by atoms with E-state index < -0.39 is 0 Å². The number of benzene rings is 2. The van der Waals surface area contributed by atoms with Crippen LogP contribution in [0.5, 0.6) is 0 Å². The van der Waals surface area contributed by atoms with Gasteiger partial charge in [0.05, 0.1) is 18.9 Å². The van der Waals surface area contributed by atoms with Crippen molar-refractivity contribution in [2.75, 3.05) is 39.8 Å². The monoisotopic (exact) mass is 507 g/mol. The first kappa shape index (κ1) is 26.0. The van der Waals surface area contributed by atoms with Gasteiger partial charge in [0, 0.05) is 57.0 Å². The minimum atomic E-state index is -0.0868. The molecule has 0 bridgehead atoms. The Morgan fingerprint density at radius 3 is 2.25 bits per heavy atom. The van der Waals surface area contributed by atoms with Gasteiger partial charge in [0.25, 0.3) is 0 Å². The van der Waals surface area contributed by atoms with Crippen LogP contribution >= 0.6 is 11.6 Å². The fraction of sp³-hybridized carbons (Fsp3) is 0.379. The van der Waals surface area contributed by atoms with Gasteiger partial charge in [-0.05, 0) is 35.8 Å². The number of nitrogens with zero attached hydrogens (tertiary/aromatic N) is 2. The largest absolute Gasteiger partial charge is 0.501 e. The number of nitrogens with one attached hydrogen (secondary N) is 1. The summed E-state index contributed by atoms with van der Waals surface area (Å²) in [5.74, 6) is 0.910. The summed E-state index contributed by atoms with van der Waals surface area (Å²) >= 11 is 6.13. The highest BCUT2D eigenvalue weighted by molar-refractivity contribution is 6.30. The van der Waals surface area contributed by atoms with Gasteiger partial charge in [0.15, 0.2) is 0 Å². The molecule has 1 saturated heterocycles. The fourth-order valence-corrected chi connectivity index (χ4v) is 4.91. The van der Waals surface area contributed by atoms with E-state index in [0.29, 0.717) is 19.6 Å². The SMILES string of the molecule is COC1=CC=C(CNC(=O)CCC(=O)N2CCN(C(c3ccccc3)c3ccc(Cl)cc3)CC2)CC1. The van der Waals surface area contributed by atoms with E-state index in [1.807, 2.05) is 35.3 Å². The van der Waals surface area contributed by atoms with E-state index in [-0.39, 0.29) is 30.7 Å². The maximum atomic E-state index is 12.8. The van der Waals surface area contributed by atoms with E-state index in [1.165, 1.54) is 16.7 Å². The molecular weight excluding hydrogens is 474 g/mol. The molecule has 2 amide bonds. The van der Waals surface area contributed by atoms with Crippen molar-refractivity contribution in [3.63, 3.8) is 0 Å². The summed E-state index contributed by atoms with van der Waals surface area (Å²) in [5.41, 5.74) is 3.57. The number of methoxy groups -OCH3 is 1. The Bertz CT molecular complexity index is 1090. The van der Waals surface area contributed by atoms with Gasteiger partial charge in [-0.15, -0.1) is 0 Å². The quantitative estimate of drug-likeness (QED) is 0.533. The molecule has 1 atom stereocenters. The molecule has 1 aliphatic heterocycles. The molecule has 36 heavy (non-hydrogen) atoms. The van der Waals surface area contributed by atoms with E-state index >= 15 is 0 Å². The number of amides is 2. The van der Waals surface area contributed by atoms with Gasteiger partial charge < -0.3 is 15.0 Å². The van der Waals surface area contributed by atoms with Crippen LogP contribution < -0.4 is 5.32 Å². The van der Waals surface area contributed by atoms with Crippen molar-refractivity contribution in [2.45, 2.75) is 31.7 Å². The number of carbonyl (C=O) groups is 2. The second kappa shape index (κ2) is 12.7. The summed E-state index contributed by atoms with van der Waals surface area (Å²) in [6.45, 7) is 3.36. The van der Waals surface area contributed by atoms with Crippen molar-refractivity contribution in [3.8, 4) is 0 Å². The third-order valence-electron chi connectivity index (χ3n) is 6.87. The Kier molecular flexibility index (Phi) is 9.20. The zero-order valence-corrected chi connectivity index (χ0v) is 21.5. The lowest BCUT2D eigenvalue weighted by Gasteiger charge is -2.40. The Hall–Kier alpha value is -3.09. The standard InChI is InChI=1S/C29H34ClN3O3/c1-36-26-13-7-22(8-14-26)21-31-27(34)15-16-28(35)32-17-19-33(20-18-32)29(23-5-3-2-4-6-23)24-9-11-25(30)12-10-24/h2-7,9-13,29H,8,14-21H2,1H3,(H,31,34). The average molecular weight is 508 g/mol. The average Bonchev–Trinajstić information content (AvgIpc) is 2.93. The van der Waals surface area contributed by atoms with Crippen LogP contribution in [0.25, 0.3) is 0 Å². The molecule has 1 fully saturated rings. The van der Waals surface area contributed by atoms with E-state index in [1.54, 1.807) is 7.11 Å². The highest BCUT2D eigenvalue weighted by atomic mass is 35.5. The van der Waals surface area contributed by atoms with Crippen LogP contribution in [0.3, 0.4) is 0 Å². The molecule has 7 heteroatoms. The minimum absolute atomic E-state index is 0.0390. The summed E-state index contributed by atoms with van der Waals surface area (Å²) in [7, 11) is 1.67. The minimum Gasteiger partial charge on any atom is -0.501 e. The third-order valence-corrected chi connectivity index (χ3v) is 7.12. The second-order valence-electron chi connectivity index (χ2n) is 9.22. The third kappa shape index (κ3) is 6.99. The maximum Gasteiger partial charge on any atom is 0.223 e. The molecule has 2 aromatic rings. The Balaban J connectivity index is 1.26. The molecule has 0 radical (unpaired) electrons. The maximum absolute atomic E-state index is 12.8. The van der Waals surface area contributed by atoms with Crippen LogP contribution in [0.2, 0.25) is 5.02 Å². The van der Waals surface area contributed by atoms with Crippen LogP contribution in [-0.4, -0.2) is 61.4 Å². The highest BCUT2D eigenvalue weighted by Gasteiger charge is 2.28. The lowest BCUT2D eigenvalue weighted by Crippen LogP contribution is -2.50. The Morgan fingerprint density at radius 2 is 1.61 bits per heavy atom. The molecular formula is C29H34ClN3O3. The first-order chi connectivity index (χ1) is 17.5. The number of halogens is 1. The van der Waals surface area contributed by atoms with Gasteiger partial charge in [0.1, 0.15) is 0 Å². The van der Waals surface area contributed by atoms with E-state index in [4.69, 9.17) is 16.3 Å². The zero-order valence-electron chi connectivity index (χ0n) is 20.8. The summed E-state index contributed by atoms with van der Waals surface area (Å²) < 4.78 is 5.24. The molecule has 6 nitrogen and oxygen atoms in total. The van der Waals surface area contributed by atoms with Crippen molar-refractivity contribution in [3.05, 3.63) is 94.2 Å². The first-order valence-corrected chi connectivity index (χ1v) is 12.9. The Morgan fingerprint density at radius 1 is 0.917 bits per heavy atom. The molecule has 0 spiro atoms. The van der Waals surface area contributed by atoms with Crippen molar-refractivity contribution in [1.29, 1.82) is 0 Å². The van der Waals surface area contributed by atoms with Gasteiger partial charge in [-0.2, -0.15) is 0 Å². The predicted molar refractivity (Wildman–Crippen MR) is 143 cm³/mol. The number of carbonyl (C=O) groups excluding carboxylic acids is 2. The van der Waals surface area contributed by atoms with E-state index in [0.717, 1.165) is 36.7 Å². The van der Waals surface area contributed by atoms with Crippen LogP contribution in [0.1, 0.15) is 42.9 Å². The lowest BCUT2D eigenvalue weighted by atomic mass is 9.96. The molecule has 1 aliphatic carbocycles. The molecule has 4 rings (SSSR count). The molecule has 2 aliphatic rings. The summed E-state index contributed by atoms with van der Waals surface area (Å²) in [4.78, 5) is 29.4. The van der Waals surface area contributed by atoms with Gasteiger partial charge in [-0.25, -0.2) is 0 Å². The number of ether oxygens (including phenoxy) is 1. The number of rotatable bonds is 9. The van der Waals surface area contributed by atoms with E-state index in [2.05, 4.69) is 46.6 Å². The van der Waals surface area contributed by atoms with Gasteiger partial charge in [-0.1, -0.05) is 65.7 Å². The molecule has 0 aromatic heterocycles. The molecule has 1 N–H and O–H groups in total. The molecule has 190 valence electrons. The smallest absolute Gasteiger partial charge is 0.223 e. The second-order valence-corrected chi connectivity index (χ2v) is 9.66.